The quantitative estimate of drug-likeness (QED) is 0.207. The van der Waals surface area contributed by atoms with Gasteiger partial charge in [-0.1, -0.05) is 133 Å². The lowest BCUT2D eigenvalue weighted by Crippen LogP contribution is -2.28. The van der Waals surface area contributed by atoms with Gasteiger partial charge < -0.3 is 4.90 Å². The summed E-state index contributed by atoms with van der Waals surface area (Å²) in [7, 11) is 0. The largest absolute Gasteiger partial charge is 0.333 e. The number of para-hydroxylation sites is 2. The summed E-state index contributed by atoms with van der Waals surface area (Å²) in [6.07, 6.45) is 8.24. The predicted octanol–water partition coefficient (Wildman–Crippen LogP) is 10.8. The highest BCUT2D eigenvalue weighted by molar-refractivity contribution is 5.90. The number of hydrogen-bond donors (Lipinski definition) is 0. The fourth-order valence-electron chi connectivity index (χ4n) is 7.55. The second-order valence-electron chi connectivity index (χ2n) is 12.1. The Bertz CT molecular complexity index is 2100. The van der Waals surface area contributed by atoms with Gasteiger partial charge in [0.15, 0.2) is 0 Å². The van der Waals surface area contributed by atoms with Crippen molar-refractivity contribution in [3.8, 4) is 33.4 Å². The summed E-state index contributed by atoms with van der Waals surface area (Å²) in [6, 6.07) is 53.6. The molecular weight excluding hydrogens is 530 g/mol. The third kappa shape index (κ3) is 4.01. The van der Waals surface area contributed by atoms with E-state index in [0.717, 1.165) is 6.42 Å². The van der Waals surface area contributed by atoms with Crippen molar-refractivity contribution in [2.24, 2.45) is 0 Å². The summed E-state index contributed by atoms with van der Waals surface area (Å²) in [5, 5.41) is 0. The topological polar surface area (TPSA) is 3.24 Å². The molecule has 0 spiro atoms. The van der Waals surface area contributed by atoms with Crippen LogP contribution in [0.25, 0.3) is 39.0 Å². The van der Waals surface area contributed by atoms with E-state index in [9.17, 15) is 0 Å². The third-order valence-corrected chi connectivity index (χ3v) is 9.63. The lowest BCUT2D eigenvalue weighted by Gasteiger charge is -2.29. The minimum absolute atomic E-state index is 0.279. The lowest BCUT2D eigenvalue weighted by molar-refractivity contribution is 0.747. The van der Waals surface area contributed by atoms with Crippen LogP contribution in [0.2, 0.25) is 0 Å². The minimum atomic E-state index is 0.279. The van der Waals surface area contributed by atoms with Crippen LogP contribution in [0.4, 0.5) is 11.4 Å². The molecule has 44 heavy (non-hydrogen) atoms. The average Bonchev–Trinajstić information content (AvgIpc) is 3.63. The number of rotatable bonds is 4. The van der Waals surface area contributed by atoms with Gasteiger partial charge in [-0.15, -0.1) is 0 Å². The predicted molar refractivity (Wildman–Crippen MR) is 184 cm³/mol. The molecule has 1 heterocycles. The van der Waals surface area contributed by atoms with Crippen LogP contribution in [0.3, 0.4) is 0 Å². The highest BCUT2D eigenvalue weighted by Crippen LogP contribution is 2.49. The molecular formula is C43H31N. The standard InChI is InChI=1S/C43H31N/c1-3-11-29(12-4-1)36-15-7-8-16-37(36)34-22-21-33-25-32-20-19-30(26-39(32)40(33)28-34)31-23-24-43-41(27-31)38-17-9-10-18-42(38)44(43)35-13-5-2-6-14-35/h1-24,26-28,41,43H,25H2. The van der Waals surface area contributed by atoms with Crippen molar-refractivity contribution in [2.45, 2.75) is 18.4 Å². The molecule has 0 N–H and O–H groups in total. The first-order chi connectivity index (χ1) is 21.8. The van der Waals surface area contributed by atoms with Crippen LogP contribution in [0, 0.1) is 0 Å². The fourth-order valence-corrected chi connectivity index (χ4v) is 7.55. The van der Waals surface area contributed by atoms with Gasteiger partial charge in [0, 0.05) is 17.3 Å². The third-order valence-electron chi connectivity index (χ3n) is 9.63. The van der Waals surface area contributed by atoms with Gasteiger partial charge in [-0.3, -0.25) is 0 Å². The Hall–Kier alpha value is -5.40. The van der Waals surface area contributed by atoms with Crippen molar-refractivity contribution in [3.63, 3.8) is 0 Å². The highest BCUT2D eigenvalue weighted by Gasteiger charge is 2.38. The first-order valence-electron chi connectivity index (χ1n) is 15.6. The Balaban J connectivity index is 1.09. The number of hydrogen-bond acceptors (Lipinski definition) is 1. The summed E-state index contributed by atoms with van der Waals surface area (Å²) >= 11 is 0. The molecule has 0 aromatic heterocycles. The Kier molecular flexibility index (Phi) is 5.77. The Morgan fingerprint density at radius 1 is 0.500 bits per heavy atom. The molecule has 6 aromatic rings. The van der Waals surface area contributed by atoms with Crippen molar-refractivity contribution in [3.05, 3.63) is 186 Å². The van der Waals surface area contributed by atoms with Gasteiger partial charge >= 0.3 is 0 Å². The van der Waals surface area contributed by atoms with Crippen molar-refractivity contribution < 1.29 is 0 Å². The zero-order chi connectivity index (χ0) is 29.0. The molecule has 0 saturated heterocycles. The normalized spacial score (nSPS) is 17.5. The number of fused-ring (bicyclic) bond motifs is 6. The van der Waals surface area contributed by atoms with Gasteiger partial charge in [-0.2, -0.15) is 0 Å². The van der Waals surface area contributed by atoms with E-state index in [1.54, 1.807) is 0 Å². The molecule has 9 rings (SSSR count). The molecule has 6 aromatic carbocycles. The smallest absolute Gasteiger partial charge is 0.0630 e. The minimum Gasteiger partial charge on any atom is -0.333 e. The Morgan fingerprint density at radius 2 is 1.11 bits per heavy atom. The van der Waals surface area contributed by atoms with Gasteiger partial charge in [0.1, 0.15) is 0 Å². The first kappa shape index (κ1) is 25.1. The second kappa shape index (κ2) is 10.1. The van der Waals surface area contributed by atoms with Crippen molar-refractivity contribution in [1.29, 1.82) is 0 Å². The van der Waals surface area contributed by atoms with Crippen molar-refractivity contribution in [2.75, 3.05) is 4.90 Å². The van der Waals surface area contributed by atoms with Crippen LogP contribution in [-0.2, 0) is 6.42 Å². The monoisotopic (exact) mass is 561 g/mol. The summed E-state index contributed by atoms with van der Waals surface area (Å²) < 4.78 is 0. The highest BCUT2D eigenvalue weighted by atomic mass is 15.2. The fraction of sp³-hybridized carbons (Fsp3) is 0.0698. The van der Waals surface area contributed by atoms with Gasteiger partial charge in [-0.25, -0.2) is 0 Å². The number of allylic oxidation sites excluding steroid dienone is 2. The summed E-state index contributed by atoms with van der Waals surface area (Å²) in [5.41, 5.74) is 17.2. The molecule has 2 aliphatic carbocycles. The van der Waals surface area contributed by atoms with Gasteiger partial charge in [0.25, 0.3) is 0 Å². The van der Waals surface area contributed by atoms with E-state index in [1.807, 2.05) is 0 Å². The van der Waals surface area contributed by atoms with Gasteiger partial charge in [0.2, 0.25) is 0 Å². The number of nitrogens with zero attached hydrogens (tertiary/aromatic N) is 1. The average molecular weight is 562 g/mol. The maximum absolute atomic E-state index is 2.50. The van der Waals surface area contributed by atoms with E-state index in [-0.39, 0.29) is 6.04 Å². The molecule has 0 bridgehead atoms. The van der Waals surface area contributed by atoms with Crippen molar-refractivity contribution >= 4 is 16.9 Å². The Morgan fingerprint density at radius 3 is 1.89 bits per heavy atom. The molecule has 208 valence electrons. The van der Waals surface area contributed by atoms with Crippen LogP contribution < -0.4 is 4.90 Å². The van der Waals surface area contributed by atoms with Crippen LogP contribution in [0.15, 0.2) is 164 Å². The Labute approximate surface area is 259 Å². The SMILES string of the molecule is C1=CC2C(C=C1c1ccc3c(c1)-c1cc(-c4ccccc4-c4ccccc4)ccc1C3)c1ccccc1N2c1ccccc1. The van der Waals surface area contributed by atoms with E-state index < -0.39 is 0 Å². The van der Waals surface area contributed by atoms with Gasteiger partial charge in [0.05, 0.1) is 6.04 Å². The van der Waals surface area contributed by atoms with Gasteiger partial charge in [-0.05, 0) is 98.0 Å². The molecule has 0 fully saturated rings. The summed E-state index contributed by atoms with van der Waals surface area (Å²) in [6.45, 7) is 0. The van der Waals surface area contributed by atoms with Crippen LogP contribution in [0.1, 0.15) is 28.2 Å². The molecule has 0 amide bonds. The van der Waals surface area contributed by atoms with E-state index in [4.69, 9.17) is 0 Å². The van der Waals surface area contributed by atoms with Crippen molar-refractivity contribution in [1.82, 2.24) is 0 Å². The molecule has 1 heteroatoms. The zero-order valence-electron chi connectivity index (χ0n) is 24.4. The molecule has 3 aliphatic rings. The number of anilines is 2. The molecule has 2 atom stereocenters. The molecule has 1 aliphatic heterocycles. The van der Waals surface area contributed by atoms with E-state index in [0.29, 0.717) is 5.92 Å². The summed E-state index contributed by atoms with van der Waals surface area (Å²) in [5.74, 6) is 0.313. The van der Waals surface area contributed by atoms with E-state index >= 15 is 0 Å². The zero-order valence-corrected chi connectivity index (χ0v) is 24.4. The maximum Gasteiger partial charge on any atom is 0.0630 e. The number of benzene rings is 6. The lowest BCUT2D eigenvalue weighted by atomic mass is 9.85. The molecule has 1 nitrogen and oxygen atoms in total. The van der Waals surface area contributed by atoms with Crippen LogP contribution >= 0.6 is 0 Å². The van der Waals surface area contributed by atoms with Crippen LogP contribution in [0.5, 0.6) is 0 Å². The molecule has 0 saturated carbocycles. The molecule has 2 unspecified atom stereocenters. The van der Waals surface area contributed by atoms with Crippen LogP contribution in [-0.4, -0.2) is 6.04 Å². The van der Waals surface area contributed by atoms with E-state index in [2.05, 4.69) is 169 Å². The molecule has 0 radical (unpaired) electrons. The maximum atomic E-state index is 2.50. The second-order valence-corrected chi connectivity index (χ2v) is 12.1. The van der Waals surface area contributed by atoms with E-state index in [1.165, 1.54) is 72.6 Å². The first-order valence-corrected chi connectivity index (χ1v) is 15.6. The summed E-state index contributed by atoms with van der Waals surface area (Å²) in [4.78, 5) is 2.50.